The van der Waals surface area contributed by atoms with Crippen LogP contribution in [-0.4, -0.2) is 72.2 Å². The van der Waals surface area contributed by atoms with Crippen LogP contribution in [-0.2, 0) is 17.8 Å². The number of rotatable bonds is 5. The first kappa shape index (κ1) is 34.0. The van der Waals surface area contributed by atoms with E-state index >= 15 is 8.78 Å². The summed E-state index contributed by atoms with van der Waals surface area (Å²) in [5.74, 6) is -1.96. The SMILES string of the molecule is C=CC(=O)N1CC(C)N(c2nc(=O)n3c4nc(c(F)cc24)-c2c(F)cccc2Cc2cnnn2CC(=C/C)/C3=C(\N=C)C(C)C)CC1CC#N. The van der Waals surface area contributed by atoms with Crippen LogP contribution in [0.4, 0.5) is 14.6 Å². The number of pyridine rings is 1. The maximum absolute atomic E-state index is 16.6. The fraction of sp³-hybridized carbons (Fsp3) is 0.333. The molecule has 4 aromatic rings. The zero-order valence-corrected chi connectivity index (χ0v) is 28.3. The summed E-state index contributed by atoms with van der Waals surface area (Å²) < 4.78 is 35.3. The molecule has 1 fully saturated rings. The minimum Gasteiger partial charge on any atom is -0.349 e. The van der Waals surface area contributed by atoms with E-state index in [4.69, 9.17) is 4.98 Å². The van der Waals surface area contributed by atoms with Gasteiger partial charge in [-0.2, -0.15) is 10.2 Å². The number of anilines is 1. The van der Waals surface area contributed by atoms with Crippen molar-refractivity contribution in [3.63, 3.8) is 0 Å². The van der Waals surface area contributed by atoms with Crippen LogP contribution in [0.5, 0.6) is 0 Å². The fourth-order valence-electron chi connectivity index (χ4n) is 6.84. The third-order valence-electron chi connectivity index (χ3n) is 9.26. The first-order chi connectivity index (χ1) is 24.0. The Kier molecular flexibility index (Phi) is 9.25. The van der Waals surface area contributed by atoms with Gasteiger partial charge in [0.05, 0.1) is 53.7 Å². The number of benzene rings is 1. The highest BCUT2D eigenvalue weighted by Gasteiger charge is 2.36. The molecule has 3 aromatic heterocycles. The second-order valence-corrected chi connectivity index (χ2v) is 12.6. The highest BCUT2D eigenvalue weighted by atomic mass is 19.1. The van der Waals surface area contributed by atoms with E-state index in [1.807, 2.05) is 33.8 Å². The smallest absolute Gasteiger partial charge is 0.349 e. The van der Waals surface area contributed by atoms with Crippen molar-refractivity contribution in [2.45, 2.75) is 59.2 Å². The number of hydrogen-bond acceptors (Lipinski definition) is 9. The minimum atomic E-state index is -0.829. The normalized spacial score (nSPS) is 19.4. The summed E-state index contributed by atoms with van der Waals surface area (Å²) in [6.07, 6.45) is 4.77. The molecule has 2 aliphatic rings. The predicted molar refractivity (Wildman–Crippen MR) is 186 cm³/mol. The topological polar surface area (TPSA) is 138 Å². The van der Waals surface area contributed by atoms with Crippen molar-refractivity contribution in [1.82, 2.24) is 34.4 Å². The molecule has 50 heavy (non-hydrogen) atoms. The number of aromatic nitrogens is 6. The number of piperazine rings is 1. The number of hydrogen-bond donors (Lipinski definition) is 0. The number of amides is 1. The monoisotopic (exact) mass is 678 g/mol. The molecular weight excluding hydrogens is 642 g/mol. The van der Waals surface area contributed by atoms with Crippen molar-refractivity contribution < 1.29 is 13.6 Å². The standard InChI is InChI=1S/C36H36F2N10O2/c1-7-22-18-47-25(16-41-44-47)14-23-10-9-11-27(37)30(23)32-28(38)15-26-34(45-19-24(12-13-39)46(17-21(45)5)29(49)8-2)43-36(50)48(35(26)42-32)33(22)31(40-6)20(3)4/h7-11,15-16,20-21,24H,2,6,12,14,17-19H2,1,3-5H3/b22-7-,33-31+. The summed E-state index contributed by atoms with van der Waals surface area (Å²) in [6.45, 7) is 15.4. The summed E-state index contributed by atoms with van der Waals surface area (Å²) in [7, 11) is 0. The molecule has 1 amide bonds. The van der Waals surface area contributed by atoms with Crippen molar-refractivity contribution >= 4 is 35.2 Å². The molecule has 2 bridgehead atoms. The van der Waals surface area contributed by atoms with Gasteiger partial charge in [-0.25, -0.2) is 27.8 Å². The van der Waals surface area contributed by atoms with Crippen molar-refractivity contribution in [1.29, 1.82) is 5.26 Å². The van der Waals surface area contributed by atoms with Gasteiger partial charge in [-0.15, -0.1) is 5.10 Å². The van der Waals surface area contributed by atoms with E-state index in [1.54, 1.807) is 32.8 Å². The van der Waals surface area contributed by atoms with Crippen LogP contribution in [0, 0.1) is 28.9 Å². The summed E-state index contributed by atoms with van der Waals surface area (Å²) in [5, 5.41) is 18.2. The van der Waals surface area contributed by atoms with Crippen LogP contribution in [0.2, 0.25) is 0 Å². The third kappa shape index (κ3) is 5.78. The maximum Gasteiger partial charge on any atom is 0.355 e. The molecule has 1 saturated heterocycles. The molecule has 5 heterocycles. The van der Waals surface area contributed by atoms with Crippen molar-refractivity contribution in [2.24, 2.45) is 10.9 Å². The molecule has 2 aliphatic heterocycles. The molecule has 2 unspecified atom stereocenters. The lowest BCUT2D eigenvalue weighted by Crippen LogP contribution is -2.59. The lowest BCUT2D eigenvalue weighted by molar-refractivity contribution is -0.129. The molecule has 0 radical (unpaired) electrons. The molecule has 1 aromatic carbocycles. The average molecular weight is 679 g/mol. The number of halogens is 2. The van der Waals surface area contributed by atoms with E-state index in [1.165, 1.54) is 22.8 Å². The molecule has 256 valence electrons. The first-order valence-corrected chi connectivity index (χ1v) is 16.2. The number of carbonyl (C=O) groups is 1. The van der Waals surface area contributed by atoms with Crippen LogP contribution in [0.3, 0.4) is 0 Å². The Morgan fingerprint density at radius 3 is 2.68 bits per heavy atom. The van der Waals surface area contributed by atoms with Crippen LogP contribution in [0.25, 0.3) is 28.0 Å². The number of aliphatic imine (C=N–C) groups is 1. The van der Waals surface area contributed by atoms with Crippen molar-refractivity contribution in [3.05, 3.63) is 93.8 Å². The van der Waals surface area contributed by atoms with E-state index in [0.29, 0.717) is 28.2 Å². The maximum atomic E-state index is 16.6. The van der Waals surface area contributed by atoms with Gasteiger partial charge in [0, 0.05) is 31.1 Å². The van der Waals surface area contributed by atoms with Gasteiger partial charge in [-0.3, -0.25) is 9.79 Å². The lowest BCUT2D eigenvalue weighted by atomic mass is 9.97. The van der Waals surface area contributed by atoms with Gasteiger partial charge < -0.3 is 9.80 Å². The van der Waals surface area contributed by atoms with Crippen molar-refractivity contribution in [2.75, 3.05) is 18.0 Å². The van der Waals surface area contributed by atoms with Crippen LogP contribution in [0.15, 0.2) is 70.3 Å². The second kappa shape index (κ2) is 13.6. The number of nitrogens with zero attached hydrogens (tertiary/aromatic N) is 10. The number of carbonyl (C=O) groups excluding carboxylic acids is 1. The molecule has 0 saturated carbocycles. The van der Waals surface area contributed by atoms with E-state index in [2.05, 4.69) is 39.7 Å². The number of fused-ring (bicyclic) bond motifs is 4. The fourth-order valence-corrected chi connectivity index (χ4v) is 6.84. The molecule has 0 N–H and O–H groups in total. The summed E-state index contributed by atoms with van der Waals surface area (Å²) in [6, 6.07) is 6.87. The van der Waals surface area contributed by atoms with E-state index < -0.39 is 29.4 Å². The van der Waals surface area contributed by atoms with Gasteiger partial charge in [0.2, 0.25) is 5.91 Å². The Morgan fingerprint density at radius 2 is 2.00 bits per heavy atom. The number of allylic oxidation sites excluding steroid dienone is 4. The highest BCUT2D eigenvalue weighted by Crippen LogP contribution is 2.37. The third-order valence-corrected chi connectivity index (χ3v) is 9.26. The van der Waals surface area contributed by atoms with Gasteiger partial charge in [-0.1, -0.05) is 43.8 Å². The Bertz CT molecular complexity index is 2210. The molecule has 0 aliphatic carbocycles. The zero-order valence-electron chi connectivity index (χ0n) is 28.3. The summed E-state index contributed by atoms with van der Waals surface area (Å²) >= 11 is 0. The molecular formula is C36H36F2N10O2. The average Bonchev–Trinajstić information content (AvgIpc) is 3.52. The van der Waals surface area contributed by atoms with Crippen molar-refractivity contribution in [3.8, 4) is 17.3 Å². The summed E-state index contributed by atoms with van der Waals surface area (Å²) in [5.41, 5.74) is 1.43. The minimum absolute atomic E-state index is 0.00911. The van der Waals surface area contributed by atoms with Gasteiger partial charge in [0.1, 0.15) is 23.1 Å². The van der Waals surface area contributed by atoms with Gasteiger partial charge in [0.25, 0.3) is 0 Å². The lowest BCUT2D eigenvalue weighted by Gasteiger charge is -2.45. The van der Waals surface area contributed by atoms with E-state index in [9.17, 15) is 14.9 Å². The Morgan fingerprint density at radius 1 is 1.22 bits per heavy atom. The summed E-state index contributed by atoms with van der Waals surface area (Å²) in [4.78, 5) is 44.3. The van der Waals surface area contributed by atoms with Gasteiger partial charge in [-0.05, 0) is 55.8 Å². The first-order valence-electron chi connectivity index (χ1n) is 16.2. The Labute approximate surface area is 287 Å². The van der Waals surface area contributed by atoms with Crippen LogP contribution >= 0.6 is 0 Å². The van der Waals surface area contributed by atoms with E-state index in [-0.39, 0.29) is 72.4 Å². The largest absolute Gasteiger partial charge is 0.355 e. The predicted octanol–water partition coefficient (Wildman–Crippen LogP) is 4.91. The highest BCUT2D eigenvalue weighted by molar-refractivity contribution is 5.93. The second-order valence-electron chi connectivity index (χ2n) is 12.6. The molecule has 12 nitrogen and oxygen atoms in total. The van der Waals surface area contributed by atoms with E-state index in [0.717, 1.165) is 0 Å². The van der Waals surface area contributed by atoms with Crippen LogP contribution < -0.4 is 10.6 Å². The molecule has 6 rings (SSSR count). The molecule has 14 heteroatoms. The Balaban J connectivity index is 1.73. The Hall–Kier alpha value is -5.84. The molecule has 0 spiro atoms. The van der Waals surface area contributed by atoms with Gasteiger partial charge in [0.15, 0.2) is 5.65 Å². The zero-order chi connectivity index (χ0) is 35.9. The quantitative estimate of drug-likeness (QED) is 0.215. The molecule has 2 atom stereocenters. The number of nitriles is 1. The van der Waals surface area contributed by atoms with Crippen LogP contribution in [0.1, 0.15) is 45.4 Å². The van der Waals surface area contributed by atoms with Gasteiger partial charge >= 0.3 is 5.69 Å².